The smallest absolute Gasteiger partial charge is 0.409 e. The van der Waals surface area contributed by atoms with Gasteiger partial charge < -0.3 is 15.0 Å². The van der Waals surface area contributed by atoms with Gasteiger partial charge in [-0.1, -0.05) is 12.1 Å². The van der Waals surface area contributed by atoms with Crippen molar-refractivity contribution in [2.75, 3.05) is 19.7 Å². The van der Waals surface area contributed by atoms with Crippen LogP contribution in [0.25, 0.3) is 6.08 Å². The molecule has 134 valence electrons. The second-order valence-corrected chi connectivity index (χ2v) is 5.65. The Kier molecular flexibility index (Phi) is 6.50. The first-order chi connectivity index (χ1) is 12.0. The molecule has 1 N–H and O–H groups in total. The third-order valence-electron chi connectivity index (χ3n) is 3.88. The molecule has 0 spiro atoms. The van der Waals surface area contributed by atoms with E-state index in [9.17, 15) is 19.7 Å². The Balaban J connectivity index is 1.82. The van der Waals surface area contributed by atoms with Crippen molar-refractivity contribution in [2.24, 2.45) is 0 Å². The highest BCUT2D eigenvalue weighted by Gasteiger charge is 2.23. The summed E-state index contributed by atoms with van der Waals surface area (Å²) in [6.07, 6.45) is 3.90. The molecule has 25 heavy (non-hydrogen) atoms. The van der Waals surface area contributed by atoms with Crippen LogP contribution in [-0.4, -0.2) is 47.6 Å². The summed E-state index contributed by atoms with van der Waals surface area (Å²) in [6.45, 7) is 3.19. The van der Waals surface area contributed by atoms with E-state index in [-0.39, 0.29) is 23.7 Å². The fourth-order valence-electron chi connectivity index (χ4n) is 2.58. The van der Waals surface area contributed by atoms with Gasteiger partial charge in [-0.3, -0.25) is 14.9 Å². The quantitative estimate of drug-likeness (QED) is 0.500. The molecule has 2 amide bonds. The molecule has 1 heterocycles. The number of likely N-dealkylation sites (tertiary alicyclic amines) is 1. The van der Waals surface area contributed by atoms with Gasteiger partial charge in [-0.25, -0.2) is 4.79 Å². The summed E-state index contributed by atoms with van der Waals surface area (Å²) in [7, 11) is 0. The van der Waals surface area contributed by atoms with Crippen molar-refractivity contribution in [3.05, 3.63) is 46.0 Å². The average Bonchev–Trinajstić information content (AvgIpc) is 2.61. The Morgan fingerprint density at radius 2 is 2.12 bits per heavy atom. The number of nitrogens with zero attached hydrogens (tertiary/aromatic N) is 2. The number of carbonyl (C=O) groups excluding carboxylic acids is 2. The zero-order valence-electron chi connectivity index (χ0n) is 14.0. The number of rotatable bonds is 5. The molecule has 0 atom stereocenters. The zero-order chi connectivity index (χ0) is 18.2. The third-order valence-corrected chi connectivity index (χ3v) is 3.88. The molecule has 1 aliphatic heterocycles. The number of nitro groups is 1. The normalized spacial score (nSPS) is 15.2. The number of ether oxygens (including phenoxy) is 1. The topological polar surface area (TPSA) is 102 Å². The zero-order valence-corrected chi connectivity index (χ0v) is 14.0. The average molecular weight is 347 g/mol. The Bertz CT molecular complexity index is 666. The third kappa shape index (κ3) is 5.59. The number of hydrogen-bond acceptors (Lipinski definition) is 5. The molecule has 0 aliphatic carbocycles. The summed E-state index contributed by atoms with van der Waals surface area (Å²) in [6, 6.07) is 6.05. The maximum absolute atomic E-state index is 12.0. The minimum atomic E-state index is -0.477. The van der Waals surface area contributed by atoms with Gasteiger partial charge in [0.25, 0.3) is 5.69 Å². The highest BCUT2D eigenvalue weighted by molar-refractivity contribution is 5.92. The molecule has 0 saturated carbocycles. The van der Waals surface area contributed by atoms with E-state index in [0.29, 0.717) is 38.1 Å². The number of benzene rings is 1. The van der Waals surface area contributed by atoms with Gasteiger partial charge >= 0.3 is 6.09 Å². The number of amides is 2. The molecule has 1 fully saturated rings. The maximum Gasteiger partial charge on any atom is 0.409 e. The van der Waals surface area contributed by atoms with Crippen LogP contribution in [0.5, 0.6) is 0 Å². The Morgan fingerprint density at radius 3 is 2.76 bits per heavy atom. The van der Waals surface area contributed by atoms with Crippen molar-refractivity contribution in [1.82, 2.24) is 10.2 Å². The second-order valence-electron chi connectivity index (χ2n) is 5.65. The molecular formula is C17H21N3O5. The molecule has 8 nitrogen and oxygen atoms in total. The molecule has 1 saturated heterocycles. The first-order valence-electron chi connectivity index (χ1n) is 8.14. The van der Waals surface area contributed by atoms with E-state index < -0.39 is 4.92 Å². The van der Waals surface area contributed by atoms with Crippen molar-refractivity contribution in [1.29, 1.82) is 0 Å². The van der Waals surface area contributed by atoms with Crippen molar-refractivity contribution in [3.63, 3.8) is 0 Å². The fraction of sp³-hybridized carbons (Fsp3) is 0.412. The molecule has 8 heteroatoms. The predicted molar refractivity (Wildman–Crippen MR) is 91.9 cm³/mol. The molecule has 0 unspecified atom stereocenters. The molecule has 0 bridgehead atoms. The van der Waals surface area contributed by atoms with Crippen molar-refractivity contribution in [2.45, 2.75) is 25.8 Å². The number of nitrogens with one attached hydrogen (secondary N) is 1. The second kappa shape index (κ2) is 8.81. The maximum atomic E-state index is 12.0. The summed E-state index contributed by atoms with van der Waals surface area (Å²) in [4.78, 5) is 35.5. The van der Waals surface area contributed by atoms with Gasteiger partial charge in [-0.2, -0.15) is 0 Å². The van der Waals surface area contributed by atoms with E-state index in [4.69, 9.17) is 4.74 Å². The fourth-order valence-corrected chi connectivity index (χ4v) is 2.58. The van der Waals surface area contributed by atoms with Crippen molar-refractivity contribution < 1.29 is 19.2 Å². The van der Waals surface area contributed by atoms with Crippen LogP contribution in [0.3, 0.4) is 0 Å². The van der Waals surface area contributed by atoms with Gasteiger partial charge in [0.05, 0.1) is 11.5 Å². The number of piperidine rings is 1. The Labute approximate surface area is 145 Å². The van der Waals surface area contributed by atoms with Gasteiger partial charge in [-0.05, 0) is 31.4 Å². The molecule has 1 aromatic rings. The van der Waals surface area contributed by atoms with E-state index in [1.54, 1.807) is 24.0 Å². The first-order valence-corrected chi connectivity index (χ1v) is 8.14. The summed E-state index contributed by atoms with van der Waals surface area (Å²) < 4.78 is 4.95. The van der Waals surface area contributed by atoms with Crippen LogP contribution in [-0.2, 0) is 9.53 Å². The molecule has 2 rings (SSSR count). The van der Waals surface area contributed by atoms with Crippen molar-refractivity contribution in [3.8, 4) is 0 Å². The van der Waals surface area contributed by atoms with Crippen LogP contribution in [0.15, 0.2) is 30.3 Å². The summed E-state index contributed by atoms with van der Waals surface area (Å²) >= 11 is 0. The van der Waals surface area contributed by atoms with Crippen LogP contribution in [0, 0.1) is 10.1 Å². The number of carbonyl (C=O) groups is 2. The lowest BCUT2D eigenvalue weighted by molar-refractivity contribution is -0.384. The number of hydrogen-bond donors (Lipinski definition) is 1. The lowest BCUT2D eigenvalue weighted by Crippen LogP contribution is -2.46. The van der Waals surface area contributed by atoms with E-state index in [0.717, 1.165) is 0 Å². The van der Waals surface area contributed by atoms with Crippen LogP contribution in [0.1, 0.15) is 25.3 Å². The lowest BCUT2D eigenvalue weighted by atomic mass is 10.1. The molecular weight excluding hydrogens is 326 g/mol. The first kappa shape index (κ1) is 18.4. The van der Waals surface area contributed by atoms with Crippen LogP contribution < -0.4 is 5.32 Å². The largest absolute Gasteiger partial charge is 0.450 e. The molecule has 1 aliphatic rings. The van der Waals surface area contributed by atoms with E-state index in [1.165, 1.54) is 24.3 Å². The number of nitro benzene ring substituents is 1. The highest BCUT2D eigenvalue weighted by Crippen LogP contribution is 2.14. The van der Waals surface area contributed by atoms with Gasteiger partial charge in [0.2, 0.25) is 5.91 Å². The van der Waals surface area contributed by atoms with Gasteiger partial charge in [0.15, 0.2) is 0 Å². The van der Waals surface area contributed by atoms with Crippen molar-refractivity contribution >= 4 is 23.8 Å². The summed E-state index contributed by atoms with van der Waals surface area (Å²) in [5.41, 5.74) is 0.565. The summed E-state index contributed by atoms with van der Waals surface area (Å²) in [5, 5.41) is 13.6. The molecule has 0 aromatic heterocycles. The van der Waals surface area contributed by atoms with Crippen LogP contribution in [0.4, 0.5) is 10.5 Å². The van der Waals surface area contributed by atoms with Crippen LogP contribution in [0.2, 0.25) is 0 Å². The van der Waals surface area contributed by atoms with Crippen LogP contribution >= 0.6 is 0 Å². The van der Waals surface area contributed by atoms with Gasteiger partial charge in [0, 0.05) is 37.3 Å². The SMILES string of the molecule is CCOC(=O)N1CCC(NC(=O)/C=C/c2cccc([N+](=O)[O-])c2)CC1. The number of non-ortho nitro benzene ring substituents is 1. The summed E-state index contributed by atoms with van der Waals surface area (Å²) in [5.74, 6) is -0.263. The monoisotopic (exact) mass is 347 g/mol. The minimum Gasteiger partial charge on any atom is -0.450 e. The minimum absolute atomic E-state index is 0.00654. The van der Waals surface area contributed by atoms with Gasteiger partial charge in [0.1, 0.15) is 0 Å². The van der Waals surface area contributed by atoms with E-state index in [2.05, 4.69) is 5.32 Å². The molecule has 0 radical (unpaired) electrons. The van der Waals surface area contributed by atoms with E-state index >= 15 is 0 Å². The Hall–Kier alpha value is -2.90. The van der Waals surface area contributed by atoms with Gasteiger partial charge in [-0.15, -0.1) is 0 Å². The predicted octanol–water partition coefficient (Wildman–Crippen LogP) is 2.35. The highest BCUT2D eigenvalue weighted by atomic mass is 16.6. The lowest BCUT2D eigenvalue weighted by Gasteiger charge is -2.31. The molecule has 1 aromatic carbocycles. The van der Waals surface area contributed by atoms with E-state index in [1.807, 2.05) is 0 Å². The standard InChI is InChI=1S/C17H21N3O5/c1-2-25-17(22)19-10-8-14(9-11-19)18-16(21)7-6-13-4-3-5-15(12-13)20(23)24/h3-7,12,14H,2,8-11H2,1H3,(H,18,21)/b7-6+. The Morgan fingerprint density at radius 1 is 1.40 bits per heavy atom.